The van der Waals surface area contributed by atoms with Gasteiger partial charge in [-0.1, -0.05) is 48.5 Å². The lowest BCUT2D eigenvalue weighted by molar-refractivity contribution is -0.113. The lowest BCUT2D eigenvalue weighted by Crippen LogP contribution is -2.47. The third kappa shape index (κ3) is 5.45. The van der Waals surface area contributed by atoms with E-state index in [0.29, 0.717) is 4.91 Å². The Morgan fingerprint density at radius 2 is 1.73 bits per heavy atom. The van der Waals surface area contributed by atoms with Gasteiger partial charge in [-0.15, -0.1) is 0 Å². The van der Waals surface area contributed by atoms with E-state index < -0.39 is 0 Å². The van der Waals surface area contributed by atoms with E-state index in [1.807, 2.05) is 53.4 Å². The summed E-state index contributed by atoms with van der Waals surface area (Å²) < 4.78 is 7.80. The van der Waals surface area contributed by atoms with Gasteiger partial charge in [-0.3, -0.25) is 9.69 Å². The average Bonchev–Trinajstić information content (AvgIpc) is 3.70. The molecular weight excluding hydrogens is 530 g/mol. The summed E-state index contributed by atoms with van der Waals surface area (Å²) in [5.41, 5.74) is 6.21. The molecule has 7 rings (SSSR count). The van der Waals surface area contributed by atoms with Crippen LogP contribution in [-0.4, -0.2) is 62.9 Å². The summed E-state index contributed by atoms with van der Waals surface area (Å²) in [6.45, 7) is 6.62. The highest BCUT2D eigenvalue weighted by Gasteiger charge is 2.29. The Kier molecular flexibility index (Phi) is 6.94. The highest BCUT2D eigenvalue weighted by atomic mass is 32.2. The molecule has 1 fully saturated rings. The zero-order valence-electron chi connectivity index (χ0n) is 22.9. The number of thioether (sulfide) groups is 1. The Balaban J connectivity index is 1.12. The Bertz CT molecular complexity index is 1640. The third-order valence-corrected chi connectivity index (χ3v) is 8.76. The number of carbonyl (C=O) groups excluding carboxylic acids is 1. The fourth-order valence-electron chi connectivity index (χ4n) is 5.61. The van der Waals surface area contributed by atoms with Gasteiger partial charge in [0, 0.05) is 56.5 Å². The van der Waals surface area contributed by atoms with Crippen molar-refractivity contribution < 1.29 is 9.53 Å². The summed E-state index contributed by atoms with van der Waals surface area (Å²) in [7, 11) is 0. The van der Waals surface area contributed by atoms with Crippen molar-refractivity contribution in [2.45, 2.75) is 26.0 Å². The number of amides is 1. The van der Waals surface area contributed by atoms with Crippen LogP contribution in [-0.2, 0) is 17.8 Å². The van der Waals surface area contributed by atoms with Crippen molar-refractivity contribution in [2.75, 3.05) is 26.2 Å². The topological polar surface area (TPSA) is 63.0 Å². The number of benzene rings is 3. The minimum absolute atomic E-state index is 0.173. The molecular formula is C33H31N5O2S. The van der Waals surface area contributed by atoms with Crippen LogP contribution in [0.5, 0.6) is 5.75 Å². The zero-order chi connectivity index (χ0) is 27.8. The Morgan fingerprint density at radius 1 is 0.976 bits per heavy atom. The molecule has 0 radical (unpaired) electrons. The van der Waals surface area contributed by atoms with Crippen molar-refractivity contribution >= 4 is 28.9 Å². The maximum absolute atomic E-state index is 13.1. The van der Waals surface area contributed by atoms with Crippen LogP contribution in [0.4, 0.5) is 0 Å². The van der Waals surface area contributed by atoms with E-state index in [1.54, 1.807) is 0 Å². The quantitative estimate of drug-likeness (QED) is 0.294. The van der Waals surface area contributed by atoms with Gasteiger partial charge in [0.1, 0.15) is 17.5 Å². The number of fused-ring (bicyclic) bond motifs is 1. The van der Waals surface area contributed by atoms with Gasteiger partial charge in [-0.25, -0.2) is 4.68 Å². The summed E-state index contributed by atoms with van der Waals surface area (Å²) in [5.74, 6) is 0.749. The fourth-order valence-corrected chi connectivity index (χ4v) is 6.57. The smallest absolute Gasteiger partial charge is 0.286 e. The lowest BCUT2D eigenvalue weighted by Gasteiger charge is -2.35. The van der Waals surface area contributed by atoms with E-state index in [-0.39, 0.29) is 12.0 Å². The Labute approximate surface area is 244 Å². The second-order valence-corrected chi connectivity index (χ2v) is 11.7. The van der Waals surface area contributed by atoms with Crippen LogP contribution in [0.1, 0.15) is 23.6 Å². The normalized spacial score (nSPS) is 19.9. The molecule has 0 N–H and O–H groups in total. The molecule has 3 aliphatic rings. The Morgan fingerprint density at radius 3 is 2.51 bits per heavy atom. The first-order valence-electron chi connectivity index (χ1n) is 14.1. The summed E-state index contributed by atoms with van der Waals surface area (Å²) in [5, 5.41) is 5.76. The number of rotatable bonds is 5. The molecule has 3 aliphatic heterocycles. The van der Waals surface area contributed by atoms with E-state index in [2.05, 4.69) is 64.2 Å². The summed E-state index contributed by atoms with van der Waals surface area (Å²) in [6, 6.07) is 26.9. The van der Waals surface area contributed by atoms with E-state index in [9.17, 15) is 4.79 Å². The van der Waals surface area contributed by atoms with Gasteiger partial charge >= 0.3 is 0 Å². The number of hydrogen-bond acceptors (Lipinski definition) is 6. The molecule has 1 aromatic heterocycles. The number of aromatic nitrogens is 2. The van der Waals surface area contributed by atoms with Gasteiger partial charge in [0.05, 0.1) is 10.6 Å². The predicted octanol–water partition coefficient (Wildman–Crippen LogP) is 5.65. The first kappa shape index (κ1) is 25.8. The predicted molar refractivity (Wildman–Crippen MR) is 164 cm³/mol. The minimum atomic E-state index is -0.189. The molecule has 0 unspecified atom stereocenters. The number of para-hydroxylation sites is 1. The van der Waals surface area contributed by atoms with Crippen molar-refractivity contribution in [1.29, 1.82) is 0 Å². The molecule has 206 valence electrons. The first-order valence-corrected chi connectivity index (χ1v) is 14.9. The summed E-state index contributed by atoms with van der Waals surface area (Å²) in [6.07, 6.45) is 5.00. The monoisotopic (exact) mass is 561 g/mol. The molecule has 41 heavy (non-hydrogen) atoms. The minimum Gasteiger partial charge on any atom is -0.490 e. The molecule has 7 nitrogen and oxygen atoms in total. The van der Waals surface area contributed by atoms with Crippen LogP contribution in [0.15, 0.2) is 95.0 Å². The maximum atomic E-state index is 13.1. The summed E-state index contributed by atoms with van der Waals surface area (Å²) in [4.78, 5) is 22.9. The van der Waals surface area contributed by atoms with E-state index in [1.165, 1.54) is 22.9 Å². The zero-order valence-corrected chi connectivity index (χ0v) is 23.8. The Hall–Kier alpha value is -4.14. The number of amidine groups is 1. The van der Waals surface area contributed by atoms with Gasteiger partial charge in [0.15, 0.2) is 5.17 Å². The van der Waals surface area contributed by atoms with Crippen molar-refractivity contribution in [3.63, 3.8) is 0 Å². The first-order chi connectivity index (χ1) is 20.1. The third-order valence-electron chi connectivity index (χ3n) is 7.72. The molecule has 4 aromatic rings. The van der Waals surface area contributed by atoms with E-state index in [0.717, 1.165) is 72.6 Å². The van der Waals surface area contributed by atoms with Crippen LogP contribution in [0.2, 0.25) is 0 Å². The second-order valence-electron chi connectivity index (χ2n) is 10.7. The molecule has 0 bridgehead atoms. The number of ether oxygens (including phenoxy) is 1. The SMILES string of the molecule is C[C@H]1Cc2cc(-c3nn(-c4ccccc4)cc3/C=C3\SC(N4CCN(Cc5ccccc5)CC4)=NC3=O)ccc2O1. The number of hydrogen-bond donors (Lipinski definition) is 0. The molecule has 1 saturated heterocycles. The highest BCUT2D eigenvalue weighted by Crippen LogP contribution is 2.36. The van der Waals surface area contributed by atoms with Crippen molar-refractivity contribution in [3.05, 3.63) is 107 Å². The molecule has 0 saturated carbocycles. The second kappa shape index (κ2) is 11.0. The molecule has 1 atom stereocenters. The van der Waals surface area contributed by atoms with Crippen LogP contribution in [0.25, 0.3) is 23.0 Å². The van der Waals surface area contributed by atoms with E-state index >= 15 is 0 Å². The maximum Gasteiger partial charge on any atom is 0.286 e. The van der Waals surface area contributed by atoms with Gasteiger partial charge in [-0.05, 0) is 66.2 Å². The number of carbonyl (C=O) groups is 1. The van der Waals surface area contributed by atoms with Crippen LogP contribution in [0, 0.1) is 0 Å². The molecule has 3 aromatic carbocycles. The molecule has 1 amide bonds. The fraction of sp³-hybridized carbons (Fsp3) is 0.242. The van der Waals surface area contributed by atoms with E-state index in [4.69, 9.17) is 9.84 Å². The largest absolute Gasteiger partial charge is 0.490 e. The van der Waals surface area contributed by atoms with Crippen LogP contribution >= 0.6 is 11.8 Å². The molecule has 4 heterocycles. The number of aliphatic imine (C=N–C) groups is 1. The van der Waals surface area contributed by atoms with Gasteiger partial charge in [0.25, 0.3) is 5.91 Å². The molecule has 0 aliphatic carbocycles. The molecule has 0 spiro atoms. The van der Waals surface area contributed by atoms with Gasteiger partial charge in [0.2, 0.25) is 0 Å². The summed E-state index contributed by atoms with van der Waals surface area (Å²) >= 11 is 1.47. The van der Waals surface area contributed by atoms with Crippen molar-refractivity contribution in [3.8, 4) is 22.7 Å². The lowest BCUT2D eigenvalue weighted by atomic mass is 10.0. The van der Waals surface area contributed by atoms with Crippen LogP contribution in [0.3, 0.4) is 0 Å². The number of piperazine rings is 1. The highest BCUT2D eigenvalue weighted by molar-refractivity contribution is 8.18. The van der Waals surface area contributed by atoms with Gasteiger partial charge in [-0.2, -0.15) is 10.1 Å². The van der Waals surface area contributed by atoms with Crippen molar-refractivity contribution in [2.24, 2.45) is 4.99 Å². The van der Waals surface area contributed by atoms with Crippen LogP contribution < -0.4 is 4.74 Å². The van der Waals surface area contributed by atoms with Gasteiger partial charge < -0.3 is 9.64 Å². The standard InChI is InChI=1S/C33H31N5O2S/c1-23-18-26-19-25(12-13-29(26)40-23)31-27(22-38(35-31)28-10-6-3-7-11-28)20-30-32(39)34-33(41-30)37-16-14-36(15-17-37)21-24-8-4-2-5-9-24/h2-13,19-20,22-23H,14-18,21H2,1H3/b30-20-/t23-/m0/s1. The number of nitrogens with zero attached hydrogens (tertiary/aromatic N) is 5. The average molecular weight is 562 g/mol. The molecule has 8 heteroatoms. The van der Waals surface area contributed by atoms with Crippen molar-refractivity contribution in [1.82, 2.24) is 19.6 Å².